The first-order valence-corrected chi connectivity index (χ1v) is 1.53. The molecule has 0 aromatic carbocycles. The van der Waals surface area contributed by atoms with Crippen molar-refractivity contribution in [1.82, 2.24) is 0 Å². The van der Waals surface area contributed by atoms with Crippen LogP contribution in [0.5, 0.6) is 0 Å². The van der Waals surface area contributed by atoms with Crippen molar-refractivity contribution >= 4 is 5.97 Å². The van der Waals surface area contributed by atoms with Gasteiger partial charge in [0.1, 0.15) is 0 Å². The number of nitriles is 1. The minimum atomic E-state index is -0.720. The molecule has 0 aliphatic rings. The third-order valence-corrected chi connectivity index (χ3v) is 0.313. The van der Waals surface area contributed by atoms with Crippen LogP contribution in [0, 0.1) is 11.5 Å². The topological polar surface area (TPSA) is 50.1 Å². The Morgan fingerprint density at radius 1 is 1.88 bits per heavy atom. The summed E-state index contributed by atoms with van der Waals surface area (Å²) in [4.78, 5) is 9.85. The van der Waals surface area contributed by atoms with E-state index in [1.807, 2.05) is 0 Å². The molecular formula is C4H3NNiO2. The van der Waals surface area contributed by atoms with E-state index in [-0.39, 0.29) is 16.5 Å². The molecule has 0 saturated heterocycles. The van der Waals surface area contributed by atoms with Crippen LogP contribution in [0.2, 0.25) is 0 Å². The fourth-order valence-electron chi connectivity index (χ4n) is 0.0867. The van der Waals surface area contributed by atoms with Crippen molar-refractivity contribution in [2.45, 2.75) is 0 Å². The molecule has 46 valence electrons. The maximum Gasteiger partial charge on any atom is 0.345 e. The minimum absolute atomic E-state index is 0. The molecule has 0 bridgehead atoms. The quantitative estimate of drug-likeness (QED) is 0.235. The Bertz CT molecular complexity index is 126. The number of rotatable bonds is 1. The number of esters is 1. The summed E-state index contributed by atoms with van der Waals surface area (Å²) in [6, 6.07) is 0. The molecule has 8 heavy (non-hydrogen) atoms. The molecule has 3 nitrogen and oxygen atoms in total. The summed E-state index contributed by atoms with van der Waals surface area (Å²) in [5.41, 5.74) is 0. The number of hydrogen-bond acceptors (Lipinski definition) is 3. The van der Waals surface area contributed by atoms with E-state index in [4.69, 9.17) is 5.26 Å². The molecule has 0 rings (SSSR count). The predicted molar refractivity (Wildman–Crippen MR) is 21.9 cm³/mol. The van der Waals surface area contributed by atoms with Crippen LogP contribution >= 0.6 is 0 Å². The SMILES string of the molecule is C=CC(=O)OC#N.[Ni]. The minimum Gasteiger partial charge on any atom is -0.347 e. The smallest absolute Gasteiger partial charge is 0.345 e. The van der Waals surface area contributed by atoms with Crippen LogP contribution in [0.4, 0.5) is 0 Å². The fraction of sp³-hybridized carbons (Fsp3) is 0. The van der Waals surface area contributed by atoms with E-state index in [9.17, 15) is 4.79 Å². The average Bonchev–Trinajstić information content (AvgIpc) is 1.68. The first-order valence-electron chi connectivity index (χ1n) is 1.53. The van der Waals surface area contributed by atoms with Gasteiger partial charge < -0.3 is 4.74 Å². The van der Waals surface area contributed by atoms with Crippen LogP contribution in [-0.4, -0.2) is 5.97 Å². The van der Waals surface area contributed by atoms with Gasteiger partial charge in [-0.1, -0.05) is 6.58 Å². The van der Waals surface area contributed by atoms with Crippen molar-refractivity contribution in [3.8, 4) is 6.26 Å². The zero-order chi connectivity index (χ0) is 5.70. The van der Waals surface area contributed by atoms with E-state index in [2.05, 4.69) is 11.3 Å². The Hall–Kier alpha value is -0.806. The number of hydrogen-bond donors (Lipinski definition) is 0. The molecule has 4 heteroatoms. The van der Waals surface area contributed by atoms with E-state index in [1.165, 1.54) is 6.26 Å². The Kier molecular flexibility index (Phi) is 7.92. The number of carbonyl (C=O) groups excluding carboxylic acids is 1. The summed E-state index contributed by atoms with van der Waals surface area (Å²) >= 11 is 0. The van der Waals surface area contributed by atoms with Crippen LogP contribution in [0.25, 0.3) is 0 Å². The predicted octanol–water partition coefficient (Wildman–Crippen LogP) is 0.194. The molecule has 0 saturated carbocycles. The van der Waals surface area contributed by atoms with Crippen LogP contribution in [0.1, 0.15) is 0 Å². The number of nitrogens with zero attached hydrogens (tertiary/aromatic N) is 1. The molecular weight excluding hydrogens is 153 g/mol. The van der Waals surface area contributed by atoms with Gasteiger partial charge in [0.25, 0.3) is 6.26 Å². The van der Waals surface area contributed by atoms with Gasteiger partial charge in [-0.05, 0) is 0 Å². The first-order chi connectivity index (χ1) is 3.31. The van der Waals surface area contributed by atoms with Crippen LogP contribution in [0.3, 0.4) is 0 Å². The van der Waals surface area contributed by atoms with Gasteiger partial charge in [-0.15, -0.1) is 5.26 Å². The fourth-order valence-corrected chi connectivity index (χ4v) is 0.0867. The van der Waals surface area contributed by atoms with Gasteiger partial charge in [-0.25, -0.2) is 4.79 Å². The van der Waals surface area contributed by atoms with Crippen molar-refractivity contribution < 1.29 is 26.0 Å². The Balaban J connectivity index is 0. The van der Waals surface area contributed by atoms with Crippen LogP contribution in [0.15, 0.2) is 12.7 Å². The van der Waals surface area contributed by atoms with Crippen molar-refractivity contribution in [3.05, 3.63) is 12.7 Å². The van der Waals surface area contributed by atoms with Crippen molar-refractivity contribution in [3.63, 3.8) is 0 Å². The van der Waals surface area contributed by atoms with Gasteiger partial charge in [0, 0.05) is 22.6 Å². The van der Waals surface area contributed by atoms with Gasteiger partial charge in [-0.2, -0.15) is 0 Å². The number of carbonyl (C=O) groups is 1. The van der Waals surface area contributed by atoms with Gasteiger partial charge in [0.2, 0.25) is 0 Å². The maximum absolute atomic E-state index is 9.85. The third-order valence-electron chi connectivity index (χ3n) is 0.313. The summed E-state index contributed by atoms with van der Waals surface area (Å²) < 4.78 is 3.74. The molecule has 0 aromatic rings. The third kappa shape index (κ3) is 5.19. The van der Waals surface area contributed by atoms with Crippen LogP contribution < -0.4 is 0 Å². The van der Waals surface area contributed by atoms with Gasteiger partial charge in [0.05, 0.1) is 0 Å². The standard InChI is InChI=1S/C4H3NO2.Ni/c1-2-4(6)7-3-5;/h2H,1H2;. The largest absolute Gasteiger partial charge is 0.347 e. The summed E-state index contributed by atoms with van der Waals surface area (Å²) in [5.74, 6) is -0.720. The van der Waals surface area contributed by atoms with Gasteiger partial charge in [-0.3, -0.25) is 0 Å². The van der Waals surface area contributed by atoms with Crippen LogP contribution in [-0.2, 0) is 26.0 Å². The van der Waals surface area contributed by atoms with Crippen molar-refractivity contribution in [2.75, 3.05) is 0 Å². The molecule has 0 atom stereocenters. The molecule has 0 fully saturated rings. The summed E-state index contributed by atoms with van der Waals surface area (Å²) in [6.45, 7) is 3.05. The molecule has 0 aromatic heterocycles. The monoisotopic (exact) mass is 155 g/mol. The van der Waals surface area contributed by atoms with Gasteiger partial charge in [0.15, 0.2) is 0 Å². The Morgan fingerprint density at radius 3 is 2.50 bits per heavy atom. The van der Waals surface area contributed by atoms with E-state index in [1.54, 1.807) is 0 Å². The Morgan fingerprint density at radius 2 is 2.38 bits per heavy atom. The molecule has 0 heterocycles. The summed E-state index contributed by atoms with van der Waals surface area (Å²) in [5, 5.41) is 7.63. The van der Waals surface area contributed by atoms with E-state index in [0.717, 1.165) is 6.08 Å². The zero-order valence-corrected chi connectivity index (χ0v) is 4.85. The molecule has 0 unspecified atom stereocenters. The summed E-state index contributed by atoms with van der Waals surface area (Å²) in [6.07, 6.45) is 2.12. The second kappa shape index (κ2) is 6.19. The maximum atomic E-state index is 9.85. The second-order valence-electron chi connectivity index (χ2n) is 0.717. The molecule has 0 radical (unpaired) electrons. The van der Waals surface area contributed by atoms with Crippen molar-refractivity contribution in [2.24, 2.45) is 0 Å². The molecule has 0 N–H and O–H groups in total. The van der Waals surface area contributed by atoms with E-state index >= 15 is 0 Å². The Labute approximate surface area is 56.9 Å². The molecule has 0 aliphatic carbocycles. The normalized spacial score (nSPS) is 5.38. The molecule has 0 spiro atoms. The average molecular weight is 156 g/mol. The van der Waals surface area contributed by atoms with Crippen molar-refractivity contribution in [1.29, 1.82) is 5.26 Å². The van der Waals surface area contributed by atoms with Gasteiger partial charge >= 0.3 is 5.97 Å². The second-order valence-corrected chi connectivity index (χ2v) is 0.717. The number of ether oxygens (including phenoxy) is 1. The van der Waals surface area contributed by atoms with E-state index in [0.29, 0.717) is 0 Å². The summed E-state index contributed by atoms with van der Waals surface area (Å²) in [7, 11) is 0. The van der Waals surface area contributed by atoms with E-state index < -0.39 is 5.97 Å². The molecule has 0 aliphatic heterocycles. The first kappa shape index (κ1) is 10.2. The molecule has 0 amide bonds. The zero-order valence-electron chi connectivity index (χ0n) is 3.86.